The summed E-state index contributed by atoms with van der Waals surface area (Å²) in [6, 6.07) is 19.4. The second-order valence-electron chi connectivity index (χ2n) is 8.47. The van der Waals surface area contributed by atoms with Gasteiger partial charge >= 0.3 is 0 Å². The number of ether oxygens (including phenoxy) is 1. The highest BCUT2D eigenvalue weighted by atomic mass is 16.5. The Labute approximate surface area is 210 Å². The van der Waals surface area contributed by atoms with Crippen LogP contribution in [-0.4, -0.2) is 39.6 Å². The summed E-state index contributed by atoms with van der Waals surface area (Å²) in [6.45, 7) is 6.28. The summed E-state index contributed by atoms with van der Waals surface area (Å²) < 4.78 is 7.66. The Kier molecular flexibility index (Phi) is 7.45. The molecule has 1 aliphatic rings. The molecule has 7 nitrogen and oxygen atoms in total. The maximum absolute atomic E-state index is 13.2. The molecular weight excluding hydrogens is 452 g/mol. The molecule has 0 bridgehead atoms. The molecule has 0 unspecified atom stereocenters. The number of carbonyl (C=O) groups is 2. The monoisotopic (exact) mass is 480 g/mol. The van der Waals surface area contributed by atoms with E-state index in [0.29, 0.717) is 29.0 Å². The molecule has 0 spiro atoms. The van der Waals surface area contributed by atoms with Crippen molar-refractivity contribution in [3.63, 3.8) is 0 Å². The highest BCUT2D eigenvalue weighted by Gasteiger charge is 2.34. The van der Waals surface area contributed by atoms with Crippen LogP contribution >= 0.6 is 0 Å². The van der Waals surface area contributed by atoms with E-state index in [-0.39, 0.29) is 12.1 Å². The first kappa shape index (κ1) is 24.7. The molecule has 0 atom stereocenters. The number of benzene rings is 2. The van der Waals surface area contributed by atoms with E-state index in [2.05, 4.69) is 6.92 Å². The number of unbranched alkanes of at least 4 members (excludes halogenated alkanes) is 1. The summed E-state index contributed by atoms with van der Waals surface area (Å²) in [5.74, 6) is -0.237. The number of amides is 2. The molecule has 0 aliphatic carbocycles. The van der Waals surface area contributed by atoms with Gasteiger partial charge < -0.3 is 4.74 Å². The molecule has 1 aliphatic heterocycles. The van der Waals surface area contributed by atoms with Gasteiger partial charge in [-0.15, -0.1) is 0 Å². The molecule has 3 aromatic rings. The van der Waals surface area contributed by atoms with Gasteiger partial charge in [-0.05, 0) is 56.2 Å². The number of likely N-dealkylation sites (N-methyl/N-ethyl adjacent to an activating group) is 1. The fourth-order valence-corrected chi connectivity index (χ4v) is 4.07. The zero-order valence-electron chi connectivity index (χ0n) is 20.7. The van der Waals surface area contributed by atoms with Crippen LogP contribution in [0.25, 0.3) is 23.0 Å². The molecule has 0 saturated heterocycles. The summed E-state index contributed by atoms with van der Waals surface area (Å²) in [7, 11) is 0. The number of aromatic nitrogens is 2. The number of rotatable bonds is 8. The lowest BCUT2D eigenvalue weighted by molar-refractivity contribution is -0.140. The first-order valence-electron chi connectivity index (χ1n) is 12.1. The van der Waals surface area contributed by atoms with Crippen LogP contribution in [0.1, 0.15) is 39.2 Å². The minimum Gasteiger partial charge on any atom is -0.494 e. The molecule has 2 heterocycles. The normalized spacial score (nSPS) is 14.9. The van der Waals surface area contributed by atoms with Gasteiger partial charge in [-0.3, -0.25) is 14.5 Å². The first-order valence-corrected chi connectivity index (χ1v) is 12.1. The summed E-state index contributed by atoms with van der Waals surface area (Å²) in [5.41, 5.74) is 3.69. The summed E-state index contributed by atoms with van der Waals surface area (Å²) in [4.78, 5) is 26.9. The second kappa shape index (κ2) is 10.9. The smallest absolute Gasteiger partial charge is 0.271 e. The predicted octanol–water partition coefficient (Wildman–Crippen LogP) is 5.33. The van der Waals surface area contributed by atoms with Crippen LogP contribution in [0.2, 0.25) is 0 Å². The Hall–Kier alpha value is -4.44. The van der Waals surface area contributed by atoms with Crippen LogP contribution in [0, 0.1) is 11.3 Å². The van der Waals surface area contributed by atoms with Crippen molar-refractivity contribution in [2.75, 3.05) is 13.2 Å². The maximum atomic E-state index is 13.2. The van der Waals surface area contributed by atoms with Gasteiger partial charge in [0.1, 0.15) is 23.1 Å². The zero-order chi connectivity index (χ0) is 25.7. The standard InChI is InChI=1S/C29H28N4O3/c1-4-6-15-36-24-14-10-11-21(16-24)27-22(19-33(31-27)23-12-8-7-9-13-23)17-25-20(3)26(18-30)29(35)32(5-2)28(25)34/h7-14,16-17,19H,4-6,15H2,1-3H3/b25-17+. The molecule has 4 rings (SSSR count). The van der Waals surface area contributed by atoms with Crippen molar-refractivity contribution < 1.29 is 14.3 Å². The number of nitrogens with zero attached hydrogens (tertiary/aromatic N) is 4. The summed E-state index contributed by atoms with van der Waals surface area (Å²) in [5, 5.41) is 14.4. The van der Waals surface area contributed by atoms with Crippen molar-refractivity contribution in [1.29, 1.82) is 5.26 Å². The Morgan fingerprint density at radius 3 is 2.53 bits per heavy atom. The molecule has 7 heteroatoms. The number of imide groups is 1. The van der Waals surface area contributed by atoms with Crippen LogP contribution in [0.5, 0.6) is 5.75 Å². The van der Waals surface area contributed by atoms with E-state index in [9.17, 15) is 14.9 Å². The summed E-state index contributed by atoms with van der Waals surface area (Å²) in [6.07, 6.45) is 5.58. The molecule has 1 aromatic heterocycles. The highest BCUT2D eigenvalue weighted by molar-refractivity contribution is 6.19. The Morgan fingerprint density at radius 1 is 1.06 bits per heavy atom. The van der Waals surface area contributed by atoms with Gasteiger partial charge in [-0.1, -0.05) is 43.7 Å². The molecule has 2 aromatic carbocycles. The lowest BCUT2D eigenvalue weighted by atomic mass is 9.93. The molecule has 0 saturated carbocycles. The largest absolute Gasteiger partial charge is 0.494 e. The van der Waals surface area contributed by atoms with Crippen molar-refractivity contribution >= 4 is 17.9 Å². The van der Waals surface area contributed by atoms with E-state index in [1.54, 1.807) is 24.6 Å². The van der Waals surface area contributed by atoms with E-state index in [1.807, 2.05) is 66.9 Å². The highest BCUT2D eigenvalue weighted by Crippen LogP contribution is 2.32. The number of para-hydroxylation sites is 1. The predicted molar refractivity (Wildman–Crippen MR) is 138 cm³/mol. The van der Waals surface area contributed by atoms with E-state index in [0.717, 1.165) is 34.7 Å². The van der Waals surface area contributed by atoms with Gasteiger partial charge in [0.05, 0.1) is 12.3 Å². The van der Waals surface area contributed by atoms with E-state index < -0.39 is 11.8 Å². The van der Waals surface area contributed by atoms with Crippen molar-refractivity contribution in [3.8, 4) is 28.8 Å². The van der Waals surface area contributed by atoms with E-state index in [4.69, 9.17) is 9.84 Å². The number of nitriles is 1. The van der Waals surface area contributed by atoms with Gasteiger partial charge in [0.25, 0.3) is 11.8 Å². The minimum atomic E-state index is -0.559. The first-order chi connectivity index (χ1) is 17.5. The third-order valence-corrected chi connectivity index (χ3v) is 6.08. The van der Waals surface area contributed by atoms with Gasteiger partial charge in [-0.25, -0.2) is 4.68 Å². The molecule has 2 amide bonds. The second-order valence-corrected chi connectivity index (χ2v) is 8.47. The SMILES string of the molecule is CCCCOc1cccc(-c2nn(-c3ccccc3)cc2/C=C2/C(=O)N(CC)C(=O)C(C#N)=C2C)c1. The van der Waals surface area contributed by atoms with Gasteiger partial charge in [0, 0.05) is 29.4 Å². The van der Waals surface area contributed by atoms with Gasteiger partial charge in [-0.2, -0.15) is 10.4 Å². The van der Waals surface area contributed by atoms with Crippen LogP contribution in [0.15, 0.2) is 77.5 Å². The lowest BCUT2D eigenvalue weighted by Crippen LogP contribution is -2.42. The van der Waals surface area contributed by atoms with Crippen molar-refractivity contribution in [2.24, 2.45) is 0 Å². The molecule has 0 fully saturated rings. The molecule has 0 radical (unpaired) electrons. The average Bonchev–Trinajstić information content (AvgIpc) is 3.32. The van der Waals surface area contributed by atoms with Crippen LogP contribution < -0.4 is 4.74 Å². The zero-order valence-corrected chi connectivity index (χ0v) is 20.7. The Bertz CT molecular complexity index is 1390. The topological polar surface area (TPSA) is 88.2 Å². The number of hydrogen-bond donors (Lipinski definition) is 0. The van der Waals surface area contributed by atoms with Crippen LogP contribution in [-0.2, 0) is 9.59 Å². The quantitative estimate of drug-likeness (QED) is 0.247. The summed E-state index contributed by atoms with van der Waals surface area (Å²) >= 11 is 0. The molecule has 0 N–H and O–H groups in total. The third kappa shape index (κ3) is 4.84. The molecular formula is C29H28N4O3. The van der Waals surface area contributed by atoms with Crippen LogP contribution in [0.4, 0.5) is 0 Å². The molecule has 36 heavy (non-hydrogen) atoms. The van der Waals surface area contributed by atoms with E-state index >= 15 is 0 Å². The van der Waals surface area contributed by atoms with Gasteiger partial charge in [0.15, 0.2) is 0 Å². The van der Waals surface area contributed by atoms with Crippen molar-refractivity contribution in [3.05, 3.63) is 83.1 Å². The Morgan fingerprint density at radius 2 is 1.83 bits per heavy atom. The number of hydrogen-bond acceptors (Lipinski definition) is 5. The van der Waals surface area contributed by atoms with Crippen molar-refractivity contribution in [1.82, 2.24) is 14.7 Å². The third-order valence-electron chi connectivity index (χ3n) is 6.08. The van der Waals surface area contributed by atoms with Crippen molar-refractivity contribution in [2.45, 2.75) is 33.6 Å². The maximum Gasteiger partial charge on any atom is 0.271 e. The fourth-order valence-electron chi connectivity index (χ4n) is 4.07. The van der Waals surface area contributed by atoms with Gasteiger partial charge in [0.2, 0.25) is 0 Å². The lowest BCUT2D eigenvalue weighted by Gasteiger charge is -2.26. The minimum absolute atomic E-state index is 0.0222. The fraction of sp³-hybridized carbons (Fsp3) is 0.241. The number of carbonyl (C=O) groups excluding carboxylic acids is 2. The van der Waals surface area contributed by atoms with Crippen LogP contribution in [0.3, 0.4) is 0 Å². The van der Waals surface area contributed by atoms with E-state index in [1.165, 1.54) is 0 Å². The molecule has 182 valence electrons. The average molecular weight is 481 g/mol. The Balaban J connectivity index is 1.87.